The molecule has 0 aliphatic rings. The van der Waals surface area contributed by atoms with Crippen LogP contribution < -0.4 is 10.1 Å². The van der Waals surface area contributed by atoms with E-state index in [0.717, 1.165) is 23.7 Å². The molecule has 0 fully saturated rings. The van der Waals surface area contributed by atoms with Crippen molar-refractivity contribution in [3.8, 4) is 5.75 Å². The number of aromatic nitrogens is 2. The Balaban J connectivity index is 1.87. The maximum Gasteiger partial charge on any atom is 0.179 e. The quantitative estimate of drug-likeness (QED) is 0.585. The Labute approximate surface area is 150 Å². The topological polar surface area (TPSA) is 48.3 Å². The van der Waals surface area contributed by atoms with Gasteiger partial charge in [-0.05, 0) is 58.4 Å². The first-order valence-corrected chi connectivity index (χ1v) is 8.57. The first-order valence-electron chi connectivity index (χ1n) is 8.57. The van der Waals surface area contributed by atoms with Gasteiger partial charge in [0.25, 0.3) is 0 Å². The number of aryl methyl sites for hydroxylation is 1. The van der Waals surface area contributed by atoms with Gasteiger partial charge in [-0.1, -0.05) is 12.1 Å². The third-order valence-electron chi connectivity index (χ3n) is 3.77. The van der Waals surface area contributed by atoms with Crippen molar-refractivity contribution in [1.29, 1.82) is 0 Å². The summed E-state index contributed by atoms with van der Waals surface area (Å²) in [5.74, 6) is 2.48. The van der Waals surface area contributed by atoms with Gasteiger partial charge in [0.2, 0.25) is 0 Å². The van der Waals surface area contributed by atoms with Crippen molar-refractivity contribution >= 4 is 0 Å². The molecular weight excluding hydrogens is 314 g/mol. The minimum absolute atomic E-state index is 0.249. The number of ether oxygens (including phenoxy) is 2. The molecule has 5 nitrogen and oxygen atoms in total. The average Bonchev–Trinajstić information content (AvgIpc) is 2.90. The van der Waals surface area contributed by atoms with E-state index in [4.69, 9.17) is 9.47 Å². The summed E-state index contributed by atoms with van der Waals surface area (Å²) in [7, 11) is 0. The Bertz CT molecular complexity index is 714. The van der Waals surface area contributed by atoms with E-state index in [0.29, 0.717) is 19.0 Å². The molecule has 0 bridgehead atoms. The van der Waals surface area contributed by atoms with Crippen LogP contribution in [0.5, 0.6) is 5.75 Å². The molecule has 136 valence electrons. The van der Waals surface area contributed by atoms with E-state index in [9.17, 15) is 0 Å². The van der Waals surface area contributed by atoms with Crippen LogP contribution in [-0.2, 0) is 11.3 Å². The summed E-state index contributed by atoms with van der Waals surface area (Å²) in [4.78, 5) is 4.27. The maximum atomic E-state index is 5.92. The molecule has 2 aromatic rings. The van der Waals surface area contributed by atoms with E-state index >= 15 is 0 Å². The maximum absolute atomic E-state index is 5.92. The number of hydrogen-bond donors (Lipinski definition) is 1. The number of rotatable bonds is 8. The molecule has 1 aromatic heterocycles. The van der Waals surface area contributed by atoms with Gasteiger partial charge in [-0.3, -0.25) is 0 Å². The molecule has 0 spiro atoms. The van der Waals surface area contributed by atoms with Crippen molar-refractivity contribution in [2.45, 2.75) is 46.8 Å². The van der Waals surface area contributed by atoms with Crippen molar-refractivity contribution in [3.05, 3.63) is 60.0 Å². The van der Waals surface area contributed by atoms with Crippen molar-refractivity contribution in [2.24, 2.45) is 0 Å². The zero-order chi connectivity index (χ0) is 18.4. The van der Waals surface area contributed by atoms with Crippen LogP contribution in [0.1, 0.15) is 37.7 Å². The highest BCUT2D eigenvalue weighted by Crippen LogP contribution is 2.22. The van der Waals surface area contributed by atoms with Crippen LogP contribution in [0.15, 0.2) is 43.1 Å². The lowest BCUT2D eigenvalue weighted by molar-refractivity contribution is 0.0407. The average molecular weight is 343 g/mol. The number of nitrogens with one attached hydrogen (secondary N) is 1. The minimum Gasteiger partial charge on any atom is -0.491 e. The number of hydrogen-bond acceptors (Lipinski definition) is 4. The van der Waals surface area contributed by atoms with Gasteiger partial charge in [0.15, 0.2) is 5.88 Å². The number of benzene rings is 1. The van der Waals surface area contributed by atoms with Crippen LogP contribution in [0.4, 0.5) is 0 Å². The fourth-order valence-electron chi connectivity index (χ4n) is 2.50. The van der Waals surface area contributed by atoms with Crippen molar-refractivity contribution in [1.82, 2.24) is 14.9 Å². The van der Waals surface area contributed by atoms with Crippen molar-refractivity contribution < 1.29 is 9.47 Å². The highest BCUT2D eigenvalue weighted by atomic mass is 16.5. The molecule has 1 heterocycles. The number of nitrogens with zero attached hydrogens (tertiary/aromatic N) is 2. The lowest BCUT2D eigenvalue weighted by Crippen LogP contribution is -2.27. The van der Waals surface area contributed by atoms with Gasteiger partial charge in [-0.25, -0.2) is 4.98 Å². The predicted octanol–water partition coefficient (Wildman–Crippen LogP) is 3.80. The van der Waals surface area contributed by atoms with E-state index in [1.54, 1.807) is 0 Å². The fourth-order valence-corrected chi connectivity index (χ4v) is 2.50. The summed E-state index contributed by atoms with van der Waals surface area (Å²) in [5.41, 5.74) is 2.13. The van der Waals surface area contributed by atoms with Gasteiger partial charge < -0.3 is 19.4 Å². The van der Waals surface area contributed by atoms with Crippen LogP contribution in [-0.4, -0.2) is 28.3 Å². The van der Waals surface area contributed by atoms with Crippen LogP contribution in [0.2, 0.25) is 0 Å². The molecule has 0 aliphatic heterocycles. The van der Waals surface area contributed by atoms with E-state index in [1.807, 2.05) is 52.2 Å². The minimum atomic E-state index is -0.249. The van der Waals surface area contributed by atoms with Gasteiger partial charge in [-0.15, -0.1) is 0 Å². The van der Waals surface area contributed by atoms with Crippen LogP contribution in [0.25, 0.3) is 0 Å². The molecule has 5 heteroatoms. The van der Waals surface area contributed by atoms with E-state index in [2.05, 4.69) is 34.4 Å². The van der Waals surface area contributed by atoms with Crippen LogP contribution >= 0.6 is 0 Å². The Hall–Kier alpha value is -2.43. The Morgan fingerprint density at radius 1 is 1.28 bits per heavy atom. The van der Waals surface area contributed by atoms with Gasteiger partial charge in [0.05, 0.1) is 6.54 Å². The molecule has 1 N–H and O–H groups in total. The summed E-state index contributed by atoms with van der Waals surface area (Å²) >= 11 is 0. The summed E-state index contributed by atoms with van der Waals surface area (Å²) in [6, 6.07) is 6.15. The SMILES string of the molecule is C=C(NCCOc1cccc(Cn2ccnc2C)c1C)OC(C)(C)C. The molecule has 0 aliphatic carbocycles. The second-order valence-corrected chi connectivity index (χ2v) is 7.06. The standard InChI is InChI=1S/C20H29N3O2/c1-15-18(14-23-12-10-21-16(23)2)8-7-9-19(15)24-13-11-22-17(3)25-20(4,5)6/h7-10,12,22H,3,11,13-14H2,1-2,4-6H3. The molecule has 25 heavy (non-hydrogen) atoms. The smallest absolute Gasteiger partial charge is 0.179 e. The molecule has 0 atom stereocenters. The molecule has 2 rings (SSSR count). The summed E-state index contributed by atoms with van der Waals surface area (Å²) < 4.78 is 13.7. The Morgan fingerprint density at radius 2 is 2.04 bits per heavy atom. The Kier molecular flexibility index (Phi) is 6.12. The first-order chi connectivity index (χ1) is 11.8. The molecule has 1 aromatic carbocycles. The summed E-state index contributed by atoms with van der Waals surface area (Å²) in [6.07, 6.45) is 3.82. The van der Waals surface area contributed by atoms with E-state index in [-0.39, 0.29) is 5.60 Å². The third-order valence-corrected chi connectivity index (χ3v) is 3.77. The van der Waals surface area contributed by atoms with Crippen molar-refractivity contribution in [3.63, 3.8) is 0 Å². The lowest BCUT2D eigenvalue weighted by Gasteiger charge is -2.23. The zero-order valence-corrected chi connectivity index (χ0v) is 15.9. The normalized spacial score (nSPS) is 11.2. The monoisotopic (exact) mass is 343 g/mol. The second kappa shape index (κ2) is 8.10. The highest BCUT2D eigenvalue weighted by Gasteiger charge is 2.12. The molecular formula is C20H29N3O2. The predicted molar refractivity (Wildman–Crippen MR) is 101 cm³/mol. The number of imidazole rings is 1. The van der Waals surface area contributed by atoms with Crippen molar-refractivity contribution in [2.75, 3.05) is 13.2 Å². The molecule has 0 saturated carbocycles. The van der Waals surface area contributed by atoms with Crippen LogP contribution in [0, 0.1) is 13.8 Å². The van der Waals surface area contributed by atoms with Gasteiger partial charge in [0.1, 0.15) is 23.8 Å². The first kappa shape index (κ1) is 18.9. The molecule has 0 amide bonds. The third kappa shape index (κ3) is 5.85. The Morgan fingerprint density at radius 3 is 2.68 bits per heavy atom. The van der Waals surface area contributed by atoms with Gasteiger partial charge in [-0.2, -0.15) is 0 Å². The zero-order valence-electron chi connectivity index (χ0n) is 15.9. The lowest BCUT2D eigenvalue weighted by atomic mass is 10.1. The van der Waals surface area contributed by atoms with Gasteiger partial charge >= 0.3 is 0 Å². The molecule has 0 unspecified atom stereocenters. The van der Waals surface area contributed by atoms with Crippen LogP contribution in [0.3, 0.4) is 0 Å². The fraction of sp³-hybridized carbons (Fsp3) is 0.450. The summed E-state index contributed by atoms with van der Waals surface area (Å²) in [6.45, 7) is 15.9. The largest absolute Gasteiger partial charge is 0.491 e. The highest BCUT2D eigenvalue weighted by molar-refractivity contribution is 5.39. The van der Waals surface area contributed by atoms with E-state index in [1.165, 1.54) is 5.56 Å². The second-order valence-electron chi connectivity index (χ2n) is 7.06. The molecule has 0 radical (unpaired) electrons. The van der Waals surface area contributed by atoms with Gasteiger partial charge in [0, 0.05) is 18.9 Å². The molecule has 0 saturated heterocycles. The van der Waals surface area contributed by atoms with E-state index < -0.39 is 0 Å². The summed E-state index contributed by atoms with van der Waals surface area (Å²) in [5, 5.41) is 3.13.